The number of hydrogen-bond donors (Lipinski definition) is 5. The van der Waals surface area contributed by atoms with Crippen LogP contribution in [0, 0.1) is 11.8 Å². The Morgan fingerprint density at radius 2 is 1.87 bits per heavy atom. The Morgan fingerprint density at radius 3 is 2.54 bits per heavy atom. The first kappa shape index (κ1) is 25.4. The van der Waals surface area contributed by atoms with Gasteiger partial charge < -0.3 is 30.6 Å². The fraction of sp³-hybridized carbons (Fsp3) is 0.414. The molecule has 1 aliphatic heterocycles. The molecule has 6 rings (SSSR count). The molecular weight excluding hydrogens is 504 g/mol. The number of fused-ring (bicyclic) bond motifs is 3. The Kier molecular flexibility index (Phi) is 5.92. The summed E-state index contributed by atoms with van der Waals surface area (Å²) in [5.41, 5.74) is 4.56. The second-order valence-electron chi connectivity index (χ2n) is 11.0. The largest absolute Gasteiger partial charge is 0.508 e. The quantitative estimate of drug-likeness (QED) is 0.369. The Labute approximate surface area is 224 Å². The van der Waals surface area contributed by atoms with Gasteiger partial charge in [0.25, 0.3) is 5.91 Å². The molecule has 0 spiro atoms. The van der Waals surface area contributed by atoms with E-state index in [2.05, 4.69) is 4.90 Å². The summed E-state index contributed by atoms with van der Waals surface area (Å²) in [6.45, 7) is 2.21. The highest BCUT2D eigenvalue weighted by Gasteiger charge is 2.60. The zero-order chi connectivity index (χ0) is 27.6. The highest BCUT2D eigenvalue weighted by Crippen LogP contribution is 2.53. The molecule has 1 aromatic heterocycles. The summed E-state index contributed by atoms with van der Waals surface area (Å²) in [6, 6.07) is 3.68. The number of phenolic OH excluding ortho intramolecular Hbond substituents is 1. The number of furan rings is 1. The van der Waals surface area contributed by atoms with Crippen LogP contribution >= 0.6 is 0 Å². The molecule has 4 aliphatic rings. The average molecular weight is 535 g/mol. The minimum atomic E-state index is -2.58. The molecule has 3 atom stereocenters. The van der Waals surface area contributed by atoms with E-state index in [1.54, 1.807) is 12.3 Å². The lowest BCUT2D eigenvalue weighted by Gasteiger charge is -2.46. The van der Waals surface area contributed by atoms with E-state index in [-0.39, 0.29) is 36.1 Å². The lowest BCUT2D eigenvalue weighted by atomic mass is 9.59. The number of amides is 1. The molecule has 1 aromatic carbocycles. The maximum atomic E-state index is 13.8. The van der Waals surface area contributed by atoms with Crippen molar-refractivity contribution in [2.45, 2.75) is 50.7 Å². The van der Waals surface area contributed by atoms with Crippen LogP contribution in [0.5, 0.6) is 5.75 Å². The number of nitrogens with two attached hydrogens (primary N) is 1. The van der Waals surface area contributed by atoms with Crippen LogP contribution in [0.2, 0.25) is 0 Å². The van der Waals surface area contributed by atoms with Crippen molar-refractivity contribution in [3.05, 3.63) is 58.3 Å². The van der Waals surface area contributed by atoms with Gasteiger partial charge in [-0.05, 0) is 68.0 Å². The van der Waals surface area contributed by atoms with Gasteiger partial charge in [-0.3, -0.25) is 19.3 Å². The Hall–Kier alpha value is -3.89. The number of rotatable bonds is 4. The predicted octanol–water partition coefficient (Wildman–Crippen LogP) is 2.67. The second kappa shape index (κ2) is 9.10. The average Bonchev–Trinajstić information content (AvgIpc) is 3.43. The van der Waals surface area contributed by atoms with E-state index in [0.717, 1.165) is 43.5 Å². The minimum absolute atomic E-state index is 0.0873. The molecule has 10 nitrogen and oxygen atoms in total. The third-order valence-corrected chi connectivity index (χ3v) is 8.82. The number of aliphatic hydroxyl groups excluding tert-OH is 2. The van der Waals surface area contributed by atoms with Crippen LogP contribution < -0.4 is 5.73 Å². The normalized spacial score (nSPS) is 27.3. The maximum absolute atomic E-state index is 13.8. The molecule has 0 bridgehead atoms. The summed E-state index contributed by atoms with van der Waals surface area (Å²) in [7, 11) is 0. The molecule has 1 saturated carbocycles. The Bertz CT molecular complexity index is 1460. The van der Waals surface area contributed by atoms with Crippen molar-refractivity contribution in [3.63, 3.8) is 0 Å². The molecule has 39 heavy (non-hydrogen) atoms. The van der Waals surface area contributed by atoms with Gasteiger partial charge in [-0.2, -0.15) is 0 Å². The van der Waals surface area contributed by atoms with Crippen molar-refractivity contribution in [1.82, 2.24) is 4.90 Å². The van der Waals surface area contributed by atoms with E-state index in [1.807, 2.05) is 6.07 Å². The molecule has 1 amide bonds. The third-order valence-electron chi connectivity index (χ3n) is 8.82. The van der Waals surface area contributed by atoms with Gasteiger partial charge in [0, 0.05) is 35.6 Å². The van der Waals surface area contributed by atoms with Crippen LogP contribution in [0.15, 0.2) is 46.0 Å². The topological polar surface area (TPSA) is 175 Å². The number of nitrogens with zero attached hydrogens (tertiary/aromatic N) is 1. The summed E-state index contributed by atoms with van der Waals surface area (Å²) in [5.74, 6) is -6.28. The van der Waals surface area contributed by atoms with Crippen molar-refractivity contribution in [1.29, 1.82) is 0 Å². The van der Waals surface area contributed by atoms with Crippen molar-refractivity contribution >= 4 is 23.2 Å². The number of phenols is 1. The van der Waals surface area contributed by atoms with E-state index in [0.29, 0.717) is 17.7 Å². The van der Waals surface area contributed by atoms with E-state index in [1.165, 1.54) is 6.26 Å². The molecule has 10 heteroatoms. The first-order valence-corrected chi connectivity index (χ1v) is 13.2. The maximum Gasteiger partial charge on any atom is 0.255 e. The number of Topliss-reactive ketones (excluding diaryl/α,β-unsaturated/α-hetero) is 2. The molecule has 3 unspecified atom stereocenters. The molecule has 2 aromatic rings. The lowest BCUT2D eigenvalue weighted by Crippen LogP contribution is -2.58. The summed E-state index contributed by atoms with van der Waals surface area (Å²) < 4.78 is 5.32. The number of carbonyl (C=O) groups is 3. The van der Waals surface area contributed by atoms with Gasteiger partial charge in [0.1, 0.15) is 22.8 Å². The summed E-state index contributed by atoms with van der Waals surface area (Å²) in [5, 5.41) is 45.3. The number of piperidine rings is 1. The molecule has 2 heterocycles. The first-order chi connectivity index (χ1) is 18.6. The summed E-state index contributed by atoms with van der Waals surface area (Å²) in [6.07, 6.45) is 6.35. The highest BCUT2D eigenvalue weighted by molar-refractivity contribution is 6.22. The van der Waals surface area contributed by atoms with Gasteiger partial charge in [-0.25, -0.2) is 0 Å². The molecule has 2 fully saturated rings. The van der Waals surface area contributed by atoms with Crippen molar-refractivity contribution in [3.8, 4) is 16.9 Å². The Balaban J connectivity index is 1.52. The molecule has 6 N–H and O–H groups in total. The molecule has 1 saturated heterocycles. The van der Waals surface area contributed by atoms with Crippen LogP contribution in [-0.4, -0.2) is 61.5 Å². The number of carbonyl (C=O) groups excluding carboxylic acids is 3. The van der Waals surface area contributed by atoms with Gasteiger partial charge in [-0.1, -0.05) is 6.42 Å². The van der Waals surface area contributed by atoms with Crippen molar-refractivity contribution < 1.29 is 39.2 Å². The fourth-order valence-corrected chi connectivity index (χ4v) is 6.90. The lowest BCUT2D eigenvalue weighted by molar-refractivity contribution is -0.147. The van der Waals surface area contributed by atoms with E-state index >= 15 is 0 Å². The van der Waals surface area contributed by atoms with E-state index in [4.69, 9.17) is 10.2 Å². The number of primary amides is 1. The van der Waals surface area contributed by atoms with Gasteiger partial charge in [-0.15, -0.1) is 0 Å². The summed E-state index contributed by atoms with van der Waals surface area (Å²) >= 11 is 0. The van der Waals surface area contributed by atoms with E-state index < -0.39 is 52.0 Å². The van der Waals surface area contributed by atoms with Gasteiger partial charge >= 0.3 is 0 Å². The molecule has 3 aliphatic carbocycles. The van der Waals surface area contributed by atoms with Crippen LogP contribution in [0.3, 0.4) is 0 Å². The second-order valence-corrected chi connectivity index (χ2v) is 11.0. The van der Waals surface area contributed by atoms with Crippen LogP contribution in [0.25, 0.3) is 16.9 Å². The molecular formula is C29H30N2O8. The van der Waals surface area contributed by atoms with Crippen LogP contribution in [0.1, 0.15) is 48.8 Å². The number of benzene rings is 1. The van der Waals surface area contributed by atoms with Gasteiger partial charge in [0.2, 0.25) is 5.78 Å². The van der Waals surface area contributed by atoms with Crippen LogP contribution in [0.4, 0.5) is 0 Å². The number of likely N-dealkylation sites (tertiary alicyclic amines) is 1. The number of aromatic hydroxyl groups is 1. The smallest absolute Gasteiger partial charge is 0.255 e. The highest BCUT2D eigenvalue weighted by atomic mass is 16.3. The zero-order valence-electron chi connectivity index (χ0n) is 21.3. The Morgan fingerprint density at radius 1 is 1.13 bits per heavy atom. The van der Waals surface area contributed by atoms with Crippen molar-refractivity contribution in [2.24, 2.45) is 17.6 Å². The number of ketones is 2. The number of aliphatic hydroxyl groups is 3. The zero-order valence-corrected chi connectivity index (χ0v) is 21.3. The van der Waals surface area contributed by atoms with Crippen LogP contribution in [-0.2, 0) is 27.3 Å². The molecule has 204 valence electrons. The van der Waals surface area contributed by atoms with Gasteiger partial charge in [0.05, 0.1) is 18.1 Å². The molecule has 0 radical (unpaired) electrons. The van der Waals surface area contributed by atoms with Crippen molar-refractivity contribution in [2.75, 3.05) is 13.1 Å². The minimum Gasteiger partial charge on any atom is -0.508 e. The number of hydrogen-bond acceptors (Lipinski definition) is 9. The SMILES string of the molecule is NC(=O)C1=C(O)C2(O)C(=O)C3=C(O)c4c(O)c(CN5CCCCC5)cc(-c5ccoc5)c4CC3CC2CC1=O. The standard InChI is InChI=1S/C29H30N2O8/c30-28(37)23-20(32)11-17-8-15-9-19-18(14-4-7-39-13-14)10-16(12-31-5-2-1-3-6-31)24(33)22(19)25(34)21(15)26(35)29(17,38)27(23)36/h4,7,10,13,15,17,33-34,36,38H,1-3,5-6,8-9,11-12H2,(H2,30,37). The predicted molar refractivity (Wildman–Crippen MR) is 138 cm³/mol. The van der Waals surface area contributed by atoms with Gasteiger partial charge in [0.15, 0.2) is 11.4 Å². The monoisotopic (exact) mass is 534 g/mol. The first-order valence-electron chi connectivity index (χ1n) is 13.2. The van der Waals surface area contributed by atoms with E-state index in [9.17, 15) is 34.8 Å². The summed E-state index contributed by atoms with van der Waals surface area (Å²) in [4.78, 5) is 40.5. The third kappa shape index (κ3) is 3.73. The fourth-order valence-electron chi connectivity index (χ4n) is 6.90.